The zero-order chi connectivity index (χ0) is 9.68. The van der Waals surface area contributed by atoms with Gasteiger partial charge in [-0.25, -0.2) is 0 Å². The number of alkyl halides is 1. The summed E-state index contributed by atoms with van der Waals surface area (Å²) < 4.78 is 0. The largest absolute Gasteiger partial charge is 0.393 e. The molecule has 0 aromatic carbocycles. The molecule has 1 rings (SSSR count). The van der Waals surface area contributed by atoms with Gasteiger partial charge in [0.2, 0.25) is 5.91 Å². The number of aliphatic hydroxyl groups excluding tert-OH is 1. The highest BCUT2D eigenvalue weighted by atomic mass is 79.9. The van der Waals surface area contributed by atoms with E-state index in [1.54, 1.807) is 0 Å². The average molecular weight is 250 g/mol. The monoisotopic (exact) mass is 249 g/mol. The van der Waals surface area contributed by atoms with Crippen molar-refractivity contribution in [1.82, 2.24) is 5.32 Å². The maximum Gasteiger partial charge on any atom is 0.221 e. The van der Waals surface area contributed by atoms with E-state index < -0.39 is 0 Å². The van der Waals surface area contributed by atoms with Crippen molar-refractivity contribution in [1.29, 1.82) is 0 Å². The number of halogens is 1. The molecule has 0 aromatic heterocycles. The van der Waals surface area contributed by atoms with Gasteiger partial charge in [0.15, 0.2) is 0 Å². The van der Waals surface area contributed by atoms with Crippen molar-refractivity contribution in [3.8, 4) is 0 Å². The lowest BCUT2D eigenvalue weighted by Crippen LogP contribution is -2.38. The highest BCUT2D eigenvalue weighted by Crippen LogP contribution is 2.18. The third kappa shape index (κ3) is 4.09. The number of nitrogens with one attached hydrogen (secondary N) is 1. The molecule has 0 saturated heterocycles. The van der Waals surface area contributed by atoms with Crippen LogP contribution in [0.15, 0.2) is 0 Å². The summed E-state index contributed by atoms with van der Waals surface area (Å²) in [6.45, 7) is 0. The fourth-order valence-corrected chi connectivity index (χ4v) is 1.97. The number of amides is 1. The zero-order valence-corrected chi connectivity index (χ0v) is 9.22. The summed E-state index contributed by atoms with van der Waals surface area (Å²) in [6.07, 6.45) is 3.85. The van der Waals surface area contributed by atoms with Gasteiger partial charge in [0.1, 0.15) is 0 Å². The van der Waals surface area contributed by atoms with Crippen molar-refractivity contribution < 1.29 is 9.90 Å². The first-order chi connectivity index (χ1) is 6.22. The van der Waals surface area contributed by atoms with Gasteiger partial charge in [-0.15, -0.1) is 0 Å². The summed E-state index contributed by atoms with van der Waals surface area (Å²) >= 11 is 3.22. The summed E-state index contributed by atoms with van der Waals surface area (Å²) in [4.78, 5) is 11.2. The summed E-state index contributed by atoms with van der Waals surface area (Å²) in [7, 11) is 0. The van der Waals surface area contributed by atoms with E-state index in [0.717, 1.165) is 25.7 Å². The molecule has 1 fully saturated rings. The second-order valence-corrected chi connectivity index (χ2v) is 4.30. The minimum atomic E-state index is -0.149. The maximum atomic E-state index is 11.2. The average Bonchev–Trinajstić information content (AvgIpc) is 2.09. The van der Waals surface area contributed by atoms with Crippen LogP contribution in [0.1, 0.15) is 32.1 Å². The summed E-state index contributed by atoms with van der Waals surface area (Å²) in [5, 5.41) is 12.9. The smallest absolute Gasteiger partial charge is 0.221 e. The van der Waals surface area contributed by atoms with Crippen LogP contribution >= 0.6 is 15.9 Å². The van der Waals surface area contributed by atoms with Crippen LogP contribution in [-0.2, 0) is 4.79 Å². The molecule has 4 heteroatoms. The molecule has 13 heavy (non-hydrogen) atoms. The summed E-state index contributed by atoms with van der Waals surface area (Å²) in [5.41, 5.74) is 0. The van der Waals surface area contributed by atoms with E-state index in [1.807, 2.05) is 0 Å². The molecule has 1 amide bonds. The van der Waals surface area contributed by atoms with Crippen LogP contribution in [0.5, 0.6) is 0 Å². The quantitative estimate of drug-likeness (QED) is 0.739. The molecule has 1 aliphatic rings. The Labute approximate surface area is 87.0 Å². The topological polar surface area (TPSA) is 49.3 Å². The van der Waals surface area contributed by atoms with E-state index in [-0.39, 0.29) is 18.1 Å². The lowest BCUT2D eigenvalue weighted by molar-refractivity contribution is -0.121. The van der Waals surface area contributed by atoms with E-state index in [2.05, 4.69) is 21.2 Å². The maximum absolute atomic E-state index is 11.2. The Morgan fingerprint density at radius 1 is 1.38 bits per heavy atom. The van der Waals surface area contributed by atoms with Gasteiger partial charge in [0.25, 0.3) is 0 Å². The third-order valence-electron chi connectivity index (χ3n) is 2.38. The van der Waals surface area contributed by atoms with Crippen LogP contribution in [0.25, 0.3) is 0 Å². The van der Waals surface area contributed by atoms with E-state index >= 15 is 0 Å². The molecular formula is C9H16BrNO2. The van der Waals surface area contributed by atoms with E-state index in [9.17, 15) is 9.90 Å². The molecule has 76 valence electrons. The zero-order valence-electron chi connectivity index (χ0n) is 7.63. The second kappa shape index (κ2) is 5.60. The van der Waals surface area contributed by atoms with Crippen LogP contribution in [-0.4, -0.2) is 28.5 Å². The van der Waals surface area contributed by atoms with Gasteiger partial charge in [-0.3, -0.25) is 4.79 Å². The van der Waals surface area contributed by atoms with E-state index in [4.69, 9.17) is 0 Å². The van der Waals surface area contributed by atoms with Crippen LogP contribution < -0.4 is 5.32 Å². The molecule has 0 unspecified atom stereocenters. The van der Waals surface area contributed by atoms with Crippen LogP contribution in [0.4, 0.5) is 0 Å². The minimum absolute atomic E-state index is 0.110. The normalized spacial score (nSPS) is 28.5. The van der Waals surface area contributed by atoms with Crippen LogP contribution in [0.2, 0.25) is 0 Å². The third-order valence-corrected chi connectivity index (χ3v) is 2.78. The standard InChI is InChI=1S/C9H16BrNO2/c10-6-5-9(13)11-7-1-3-8(12)4-2-7/h7-8,12H,1-6H2,(H,11,13). The second-order valence-electron chi connectivity index (χ2n) is 3.51. The van der Waals surface area contributed by atoms with Crippen molar-refractivity contribution in [3.63, 3.8) is 0 Å². The molecule has 0 spiro atoms. The number of hydrogen-bond donors (Lipinski definition) is 2. The van der Waals surface area contributed by atoms with Crippen molar-refractivity contribution in [2.75, 3.05) is 5.33 Å². The molecule has 2 N–H and O–H groups in total. The van der Waals surface area contributed by atoms with E-state index in [0.29, 0.717) is 11.8 Å². The predicted molar refractivity (Wildman–Crippen MR) is 54.8 cm³/mol. The van der Waals surface area contributed by atoms with Gasteiger partial charge >= 0.3 is 0 Å². The van der Waals surface area contributed by atoms with Crippen molar-refractivity contribution >= 4 is 21.8 Å². The molecule has 0 aromatic rings. The minimum Gasteiger partial charge on any atom is -0.393 e. The fraction of sp³-hybridized carbons (Fsp3) is 0.889. The molecule has 1 aliphatic carbocycles. The highest BCUT2D eigenvalue weighted by molar-refractivity contribution is 9.09. The lowest BCUT2D eigenvalue weighted by atomic mass is 9.93. The van der Waals surface area contributed by atoms with Gasteiger partial charge in [-0.2, -0.15) is 0 Å². The molecule has 0 heterocycles. The summed E-state index contributed by atoms with van der Waals surface area (Å²) in [5.74, 6) is 0.110. The van der Waals surface area contributed by atoms with Crippen molar-refractivity contribution in [2.24, 2.45) is 0 Å². The first kappa shape index (κ1) is 11.0. The Balaban J connectivity index is 2.18. The number of hydrogen-bond acceptors (Lipinski definition) is 2. The molecule has 0 atom stereocenters. The SMILES string of the molecule is O=C(CCBr)NC1CCC(O)CC1. The fourth-order valence-electron chi connectivity index (χ4n) is 1.61. The van der Waals surface area contributed by atoms with Gasteiger partial charge < -0.3 is 10.4 Å². The highest BCUT2D eigenvalue weighted by Gasteiger charge is 2.20. The number of carbonyl (C=O) groups is 1. The Morgan fingerprint density at radius 2 is 2.00 bits per heavy atom. The molecule has 0 bridgehead atoms. The molecule has 3 nitrogen and oxygen atoms in total. The van der Waals surface area contributed by atoms with Crippen LogP contribution in [0.3, 0.4) is 0 Å². The first-order valence-electron chi connectivity index (χ1n) is 4.75. The van der Waals surface area contributed by atoms with Gasteiger partial charge in [0, 0.05) is 17.8 Å². The Morgan fingerprint density at radius 3 is 2.54 bits per heavy atom. The molecule has 0 radical (unpaired) electrons. The van der Waals surface area contributed by atoms with Crippen LogP contribution in [0, 0.1) is 0 Å². The van der Waals surface area contributed by atoms with Gasteiger partial charge in [0.05, 0.1) is 6.10 Å². The van der Waals surface area contributed by atoms with Crippen molar-refractivity contribution in [2.45, 2.75) is 44.2 Å². The molecule has 0 aliphatic heterocycles. The van der Waals surface area contributed by atoms with E-state index in [1.165, 1.54) is 0 Å². The van der Waals surface area contributed by atoms with Crippen molar-refractivity contribution in [3.05, 3.63) is 0 Å². The Hall–Kier alpha value is -0.0900. The number of carbonyl (C=O) groups excluding carboxylic acids is 1. The molecule has 1 saturated carbocycles. The Bertz CT molecular complexity index is 167. The first-order valence-corrected chi connectivity index (χ1v) is 5.88. The summed E-state index contributed by atoms with van der Waals surface area (Å²) in [6, 6.07) is 0.287. The number of rotatable bonds is 3. The predicted octanol–water partition coefficient (Wildman–Crippen LogP) is 1.19. The van der Waals surface area contributed by atoms with Gasteiger partial charge in [-0.05, 0) is 25.7 Å². The Kier molecular flexibility index (Phi) is 4.73. The number of aliphatic hydroxyl groups is 1. The van der Waals surface area contributed by atoms with Gasteiger partial charge in [-0.1, -0.05) is 15.9 Å². The lowest BCUT2D eigenvalue weighted by Gasteiger charge is -2.26. The molecular weight excluding hydrogens is 234 g/mol.